The number of anilines is 2. The van der Waals surface area contributed by atoms with E-state index in [1.807, 2.05) is 37.3 Å². The third kappa shape index (κ3) is 2.09. The van der Waals surface area contributed by atoms with Gasteiger partial charge in [-0.05, 0) is 47.1 Å². The van der Waals surface area contributed by atoms with Crippen molar-refractivity contribution in [3.05, 3.63) is 46.9 Å². The standard InChI is InChI=1S/C13H10BrN3O/c1-8-10(14)3-5-13(16-8)17-9-2-4-11-12(6-9)18-7-15-11/h2-7H,1H3,(H,16,17). The Kier molecular flexibility index (Phi) is 2.76. The first kappa shape index (κ1) is 11.2. The molecule has 0 aliphatic carbocycles. The van der Waals surface area contributed by atoms with E-state index in [9.17, 15) is 0 Å². The minimum absolute atomic E-state index is 0.758. The summed E-state index contributed by atoms with van der Waals surface area (Å²) < 4.78 is 6.26. The molecule has 2 heterocycles. The summed E-state index contributed by atoms with van der Waals surface area (Å²) in [5.41, 5.74) is 3.48. The van der Waals surface area contributed by atoms with E-state index in [-0.39, 0.29) is 0 Å². The van der Waals surface area contributed by atoms with Crippen LogP contribution in [-0.4, -0.2) is 9.97 Å². The lowest BCUT2D eigenvalue weighted by Crippen LogP contribution is -1.95. The summed E-state index contributed by atoms with van der Waals surface area (Å²) in [7, 11) is 0. The number of pyridine rings is 1. The Bertz CT molecular complexity index is 708. The van der Waals surface area contributed by atoms with E-state index in [4.69, 9.17) is 4.42 Å². The van der Waals surface area contributed by atoms with E-state index in [0.29, 0.717) is 0 Å². The summed E-state index contributed by atoms with van der Waals surface area (Å²) in [6.07, 6.45) is 1.44. The lowest BCUT2D eigenvalue weighted by molar-refractivity contribution is 0.602. The summed E-state index contributed by atoms with van der Waals surface area (Å²) >= 11 is 3.43. The lowest BCUT2D eigenvalue weighted by Gasteiger charge is -2.06. The van der Waals surface area contributed by atoms with E-state index in [0.717, 1.165) is 32.8 Å². The molecule has 3 rings (SSSR count). The summed E-state index contributed by atoms with van der Waals surface area (Å²) in [6, 6.07) is 9.65. The molecule has 0 aliphatic rings. The van der Waals surface area contributed by atoms with Crippen molar-refractivity contribution >= 4 is 38.5 Å². The zero-order chi connectivity index (χ0) is 12.5. The highest BCUT2D eigenvalue weighted by Crippen LogP contribution is 2.22. The number of oxazole rings is 1. The predicted octanol–water partition coefficient (Wildman–Crippen LogP) is 4.04. The van der Waals surface area contributed by atoms with Crippen LogP contribution in [0.25, 0.3) is 11.1 Å². The highest BCUT2D eigenvalue weighted by molar-refractivity contribution is 9.10. The van der Waals surface area contributed by atoms with Crippen molar-refractivity contribution in [3.8, 4) is 0 Å². The number of aryl methyl sites for hydroxylation is 1. The highest BCUT2D eigenvalue weighted by Gasteiger charge is 2.02. The maximum Gasteiger partial charge on any atom is 0.181 e. The molecule has 0 aliphatic heterocycles. The van der Waals surface area contributed by atoms with Gasteiger partial charge in [0.1, 0.15) is 11.3 Å². The van der Waals surface area contributed by atoms with Gasteiger partial charge >= 0.3 is 0 Å². The van der Waals surface area contributed by atoms with Crippen LogP contribution in [0, 0.1) is 6.92 Å². The monoisotopic (exact) mass is 303 g/mol. The molecule has 0 saturated carbocycles. The second-order valence-electron chi connectivity index (χ2n) is 3.92. The van der Waals surface area contributed by atoms with Gasteiger partial charge in [0.15, 0.2) is 12.0 Å². The van der Waals surface area contributed by atoms with Gasteiger partial charge in [-0.1, -0.05) is 0 Å². The predicted molar refractivity (Wildman–Crippen MR) is 74.0 cm³/mol. The molecular formula is C13H10BrN3O. The zero-order valence-electron chi connectivity index (χ0n) is 9.64. The summed E-state index contributed by atoms with van der Waals surface area (Å²) in [6.45, 7) is 1.95. The Balaban J connectivity index is 1.92. The highest BCUT2D eigenvalue weighted by atomic mass is 79.9. The molecular weight excluding hydrogens is 294 g/mol. The number of nitrogens with zero attached hydrogens (tertiary/aromatic N) is 2. The first-order chi connectivity index (χ1) is 8.72. The molecule has 4 nitrogen and oxygen atoms in total. The molecule has 2 aromatic heterocycles. The van der Waals surface area contributed by atoms with Crippen LogP contribution in [0.15, 0.2) is 45.6 Å². The minimum atomic E-state index is 0.758. The van der Waals surface area contributed by atoms with Gasteiger partial charge in [-0.25, -0.2) is 9.97 Å². The van der Waals surface area contributed by atoms with Gasteiger partial charge in [-0.3, -0.25) is 0 Å². The average molecular weight is 304 g/mol. The van der Waals surface area contributed by atoms with Gasteiger partial charge in [0.05, 0.1) is 5.69 Å². The van der Waals surface area contributed by atoms with Crippen LogP contribution in [0.5, 0.6) is 0 Å². The molecule has 0 fully saturated rings. The number of nitrogens with one attached hydrogen (secondary N) is 1. The van der Waals surface area contributed by atoms with E-state index in [2.05, 4.69) is 31.2 Å². The van der Waals surface area contributed by atoms with Crippen molar-refractivity contribution in [1.29, 1.82) is 0 Å². The number of aromatic nitrogens is 2. The third-order valence-electron chi connectivity index (χ3n) is 2.63. The van der Waals surface area contributed by atoms with Gasteiger partial charge in [0.25, 0.3) is 0 Å². The SMILES string of the molecule is Cc1nc(Nc2ccc3ncoc3c2)ccc1Br. The fourth-order valence-corrected chi connectivity index (χ4v) is 1.92. The minimum Gasteiger partial charge on any atom is -0.443 e. The molecule has 0 radical (unpaired) electrons. The van der Waals surface area contributed by atoms with Gasteiger partial charge in [-0.15, -0.1) is 0 Å². The van der Waals surface area contributed by atoms with Crippen molar-refractivity contribution in [2.24, 2.45) is 0 Å². The van der Waals surface area contributed by atoms with Crippen molar-refractivity contribution < 1.29 is 4.42 Å². The Morgan fingerprint density at radius 3 is 2.94 bits per heavy atom. The third-order valence-corrected chi connectivity index (χ3v) is 3.46. The Labute approximate surface area is 112 Å². The number of benzene rings is 1. The number of halogens is 1. The Morgan fingerprint density at radius 1 is 1.22 bits per heavy atom. The lowest BCUT2D eigenvalue weighted by atomic mass is 10.3. The second-order valence-corrected chi connectivity index (χ2v) is 4.78. The number of rotatable bonds is 2. The molecule has 0 saturated heterocycles. The van der Waals surface area contributed by atoms with E-state index in [1.165, 1.54) is 6.39 Å². The molecule has 90 valence electrons. The van der Waals surface area contributed by atoms with E-state index >= 15 is 0 Å². The van der Waals surface area contributed by atoms with Crippen molar-refractivity contribution in [3.63, 3.8) is 0 Å². The quantitative estimate of drug-likeness (QED) is 0.776. The summed E-state index contributed by atoms with van der Waals surface area (Å²) in [5.74, 6) is 0.801. The van der Waals surface area contributed by atoms with Crippen LogP contribution in [0.2, 0.25) is 0 Å². The number of fused-ring (bicyclic) bond motifs is 1. The first-order valence-corrected chi connectivity index (χ1v) is 6.25. The molecule has 3 aromatic rings. The van der Waals surface area contributed by atoms with Crippen molar-refractivity contribution in [2.45, 2.75) is 6.92 Å². The fourth-order valence-electron chi connectivity index (χ4n) is 1.69. The Morgan fingerprint density at radius 2 is 2.11 bits per heavy atom. The van der Waals surface area contributed by atoms with Crippen molar-refractivity contribution in [1.82, 2.24) is 9.97 Å². The van der Waals surface area contributed by atoms with Gasteiger partial charge in [0, 0.05) is 16.2 Å². The largest absolute Gasteiger partial charge is 0.443 e. The molecule has 1 N–H and O–H groups in total. The molecule has 0 unspecified atom stereocenters. The molecule has 5 heteroatoms. The molecule has 0 spiro atoms. The maximum absolute atomic E-state index is 5.26. The van der Waals surface area contributed by atoms with Gasteiger partial charge in [-0.2, -0.15) is 0 Å². The molecule has 1 aromatic carbocycles. The first-order valence-electron chi connectivity index (χ1n) is 5.46. The zero-order valence-corrected chi connectivity index (χ0v) is 11.2. The van der Waals surface area contributed by atoms with Crippen LogP contribution < -0.4 is 5.32 Å². The normalized spacial score (nSPS) is 10.8. The van der Waals surface area contributed by atoms with Gasteiger partial charge < -0.3 is 9.73 Å². The van der Waals surface area contributed by atoms with Crippen LogP contribution >= 0.6 is 15.9 Å². The topological polar surface area (TPSA) is 51.0 Å². The molecule has 0 atom stereocenters. The van der Waals surface area contributed by atoms with Crippen molar-refractivity contribution in [2.75, 3.05) is 5.32 Å². The number of hydrogen-bond acceptors (Lipinski definition) is 4. The van der Waals surface area contributed by atoms with E-state index in [1.54, 1.807) is 0 Å². The van der Waals surface area contributed by atoms with Crippen LogP contribution in [0.3, 0.4) is 0 Å². The average Bonchev–Trinajstić information content (AvgIpc) is 2.81. The maximum atomic E-state index is 5.26. The van der Waals surface area contributed by atoms with Crippen LogP contribution in [0.4, 0.5) is 11.5 Å². The molecule has 0 amide bonds. The summed E-state index contributed by atoms with van der Waals surface area (Å²) in [4.78, 5) is 8.51. The van der Waals surface area contributed by atoms with Crippen LogP contribution in [0.1, 0.15) is 5.69 Å². The number of hydrogen-bond donors (Lipinski definition) is 1. The molecule has 18 heavy (non-hydrogen) atoms. The Hall–Kier alpha value is -1.88. The van der Waals surface area contributed by atoms with E-state index < -0.39 is 0 Å². The summed E-state index contributed by atoms with van der Waals surface area (Å²) in [5, 5.41) is 3.23. The molecule has 0 bridgehead atoms. The smallest absolute Gasteiger partial charge is 0.181 e. The van der Waals surface area contributed by atoms with Crippen LogP contribution in [-0.2, 0) is 0 Å². The fraction of sp³-hybridized carbons (Fsp3) is 0.0769. The van der Waals surface area contributed by atoms with Gasteiger partial charge in [0.2, 0.25) is 0 Å². The second kappa shape index (κ2) is 4.42.